The summed E-state index contributed by atoms with van der Waals surface area (Å²) in [4.78, 5) is 29.4. The van der Waals surface area contributed by atoms with Gasteiger partial charge in [-0.3, -0.25) is 14.2 Å². The van der Waals surface area contributed by atoms with Gasteiger partial charge in [-0.05, 0) is 31.0 Å². The maximum atomic E-state index is 12.7. The first-order chi connectivity index (χ1) is 11.2. The lowest BCUT2D eigenvalue weighted by molar-refractivity contribution is 0.0958. The molecule has 0 spiro atoms. The molecule has 2 heterocycles. The molecule has 23 heavy (non-hydrogen) atoms. The van der Waals surface area contributed by atoms with Gasteiger partial charge < -0.3 is 5.32 Å². The number of rotatable bonds is 3. The highest BCUT2D eigenvalue weighted by atomic mass is 16.1. The number of amides is 1. The molecule has 3 rings (SSSR count). The third kappa shape index (κ3) is 3.18. The molecule has 1 aliphatic heterocycles. The van der Waals surface area contributed by atoms with Gasteiger partial charge in [-0.2, -0.15) is 0 Å². The van der Waals surface area contributed by atoms with Crippen molar-refractivity contribution in [3.63, 3.8) is 0 Å². The Balaban J connectivity index is 2.05. The van der Waals surface area contributed by atoms with Gasteiger partial charge in [-0.15, -0.1) is 6.58 Å². The van der Waals surface area contributed by atoms with Crippen molar-refractivity contribution in [3.05, 3.63) is 52.6 Å². The minimum Gasteiger partial charge on any atom is -0.349 e. The predicted octanol–water partition coefficient (Wildman–Crippen LogP) is 2.43. The molecule has 1 N–H and O–H groups in total. The highest BCUT2D eigenvalue weighted by Gasteiger charge is 2.14. The van der Waals surface area contributed by atoms with Crippen LogP contribution in [0.15, 0.2) is 35.6 Å². The van der Waals surface area contributed by atoms with E-state index in [0.29, 0.717) is 23.0 Å². The van der Waals surface area contributed by atoms with Gasteiger partial charge in [0.2, 0.25) is 0 Å². The number of aromatic nitrogens is 2. The lowest BCUT2D eigenvalue weighted by Crippen LogP contribution is -2.27. The molecule has 120 valence electrons. The molecule has 0 bridgehead atoms. The van der Waals surface area contributed by atoms with E-state index >= 15 is 0 Å². The fraction of sp³-hybridized carbons (Fsp3) is 0.389. The molecular weight excluding hydrogens is 290 g/mol. The number of hydrogen-bond acceptors (Lipinski definition) is 3. The van der Waals surface area contributed by atoms with Crippen molar-refractivity contribution < 1.29 is 4.79 Å². The molecule has 0 radical (unpaired) electrons. The van der Waals surface area contributed by atoms with Gasteiger partial charge in [0.05, 0.1) is 10.9 Å². The van der Waals surface area contributed by atoms with Crippen LogP contribution in [-0.4, -0.2) is 22.0 Å². The molecule has 2 aromatic rings. The number of carbonyl (C=O) groups excluding carboxylic acids is 1. The fourth-order valence-electron chi connectivity index (χ4n) is 3.00. The molecule has 0 atom stereocenters. The first kappa shape index (κ1) is 15.5. The van der Waals surface area contributed by atoms with Crippen LogP contribution < -0.4 is 10.9 Å². The van der Waals surface area contributed by atoms with Crippen LogP contribution in [-0.2, 0) is 13.0 Å². The van der Waals surface area contributed by atoms with Crippen molar-refractivity contribution in [3.8, 4) is 0 Å². The van der Waals surface area contributed by atoms with Gasteiger partial charge >= 0.3 is 0 Å². The second kappa shape index (κ2) is 6.77. The van der Waals surface area contributed by atoms with E-state index in [1.165, 1.54) is 6.42 Å². The van der Waals surface area contributed by atoms with Gasteiger partial charge in [0.1, 0.15) is 5.82 Å². The fourth-order valence-corrected chi connectivity index (χ4v) is 3.00. The smallest absolute Gasteiger partial charge is 0.261 e. The minimum absolute atomic E-state index is 0.00458. The van der Waals surface area contributed by atoms with E-state index in [4.69, 9.17) is 0 Å². The Morgan fingerprint density at radius 1 is 1.30 bits per heavy atom. The number of nitrogens with one attached hydrogen (secondary N) is 1. The Kier molecular flexibility index (Phi) is 4.55. The van der Waals surface area contributed by atoms with Crippen molar-refractivity contribution in [1.82, 2.24) is 14.9 Å². The van der Waals surface area contributed by atoms with Gasteiger partial charge in [-0.1, -0.05) is 18.9 Å². The van der Waals surface area contributed by atoms with Crippen LogP contribution in [0.25, 0.3) is 10.9 Å². The first-order valence-corrected chi connectivity index (χ1v) is 8.13. The van der Waals surface area contributed by atoms with Gasteiger partial charge in [0.15, 0.2) is 0 Å². The summed E-state index contributed by atoms with van der Waals surface area (Å²) in [6, 6.07) is 5.09. The van der Waals surface area contributed by atoms with Gasteiger partial charge in [0.25, 0.3) is 11.5 Å². The molecule has 0 aliphatic carbocycles. The van der Waals surface area contributed by atoms with E-state index in [9.17, 15) is 9.59 Å². The molecule has 1 amide bonds. The highest BCUT2D eigenvalue weighted by Crippen LogP contribution is 2.16. The molecule has 1 aromatic heterocycles. The van der Waals surface area contributed by atoms with Gasteiger partial charge in [0, 0.05) is 25.1 Å². The van der Waals surface area contributed by atoms with E-state index < -0.39 is 0 Å². The first-order valence-electron chi connectivity index (χ1n) is 8.13. The SMILES string of the molecule is C=CCNC(=O)c1ccc2c(=O)n3c(nc2c1)CCCCCC3. The zero-order chi connectivity index (χ0) is 16.2. The van der Waals surface area contributed by atoms with E-state index in [0.717, 1.165) is 38.1 Å². The van der Waals surface area contributed by atoms with Gasteiger partial charge in [-0.25, -0.2) is 4.98 Å². The summed E-state index contributed by atoms with van der Waals surface area (Å²) in [5.41, 5.74) is 1.13. The Bertz CT molecular complexity index is 808. The standard InChI is InChI=1S/C18H21N3O2/c1-2-10-19-17(22)13-8-9-14-15(12-13)20-16-7-5-3-4-6-11-21(16)18(14)23/h2,8-9,12H,1,3-7,10-11H2,(H,19,22). The Hall–Kier alpha value is -2.43. The quantitative estimate of drug-likeness (QED) is 0.886. The summed E-state index contributed by atoms with van der Waals surface area (Å²) in [7, 11) is 0. The minimum atomic E-state index is -0.180. The zero-order valence-electron chi connectivity index (χ0n) is 13.2. The highest BCUT2D eigenvalue weighted by molar-refractivity contribution is 5.97. The molecular formula is C18H21N3O2. The second-order valence-corrected chi connectivity index (χ2v) is 5.88. The zero-order valence-corrected chi connectivity index (χ0v) is 13.2. The summed E-state index contributed by atoms with van der Waals surface area (Å²) in [5, 5.41) is 3.32. The third-order valence-corrected chi connectivity index (χ3v) is 4.24. The van der Waals surface area contributed by atoms with Crippen molar-refractivity contribution in [1.29, 1.82) is 0 Å². The molecule has 0 fully saturated rings. The summed E-state index contributed by atoms with van der Waals surface area (Å²) in [5.74, 6) is 0.659. The molecule has 5 heteroatoms. The molecule has 1 aromatic carbocycles. The van der Waals surface area contributed by atoms with Crippen molar-refractivity contribution in [2.45, 2.75) is 38.6 Å². The normalized spacial score (nSPS) is 14.6. The largest absolute Gasteiger partial charge is 0.349 e. The number of hydrogen-bond donors (Lipinski definition) is 1. The van der Waals surface area contributed by atoms with Crippen LogP contribution in [0.2, 0.25) is 0 Å². The summed E-state index contributed by atoms with van der Waals surface area (Å²) in [6.45, 7) is 4.73. The summed E-state index contributed by atoms with van der Waals surface area (Å²) in [6.07, 6.45) is 6.86. The van der Waals surface area contributed by atoms with Crippen LogP contribution in [0, 0.1) is 0 Å². The number of carbonyl (C=O) groups is 1. The van der Waals surface area contributed by atoms with E-state index in [1.54, 1.807) is 28.8 Å². The van der Waals surface area contributed by atoms with Crippen LogP contribution in [0.5, 0.6) is 0 Å². The molecule has 0 saturated carbocycles. The summed E-state index contributed by atoms with van der Waals surface area (Å²) >= 11 is 0. The number of nitrogens with zero attached hydrogens (tertiary/aromatic N) is 2. The average molecular weight is 311 g/mol. The van der Waals surface area contributed by atoms with Crippen molar-refractivity contribution >= 4 is 16.8 Å². The average Bonchev–Trinajstić information content (AvgIpc) is 2.54. The molecule has 5 nitrogen and oxygen atoms in total. The van der Waals surface area contributed by atoms with Crippen LogP contribution in [0.4, 0.5) is 0 Å². The van der Waals surface area contributed by atoms with Crippen molar-refractivity contribution in [2.75, 3.05) is 6.54 Å². The monoisotopic (exact) mass is 311 g/mol. The lowest BCUT2D eigenvalue weighted by Gasteiger charge is -2.16. The predicted molar refractivity (Wildman–Crippen MR) is 90.7 cm³/mol. The van der Waals surface area contributed by atoms with E-state index in [2.05, 4.69) is 16.9 Å². The number of fused-ring (bicyclic) bond motifs is 2. The molecule has 0 saturated heterocycles. The van der Waals surface area contributed by atoms with E-state index in [1.807, 2.05) is 0 Å². The Morgan fingerprint density at radius 3 is 2.96 bits per heavy atom. The Morgan fingerprint density at radius 2 is 2.13 bits per heavy atom. The maximum absolute atomic E-state index is 12.7. The lowest BCUT2D eigenvalue weighted by atomic mass is 10.1. The topological polar surface area (TPSA) is 64.0 Å². The van der Waals surface area contributed by atoms with Crippen molar-refractivity contribution in [2.24, 2.45) is 0 Å². The summed E-state index contributed by atoms with van der Waals surface area (Å²) < 4.78 is 1.80. The van der Waals surface area contributed by atoms with Crippen LogP contribution >= 0.6 is 0 Å². The molecule has 0 unspecified atom stereocenters. The van der Waals surface area contributed by atoms with Crippen LogP contribution in [0.1, 0.15) is 41.9 Å². The third-order valence-electron chi connectivity index (χ3n) is 4.24. The maximum Gasteiger partial charge on any atom is 0.261 e. The Labute approximate surface area is 135 Å². The van der Waals surface area contributed by atoms with E-state index in [-0.39, 0.29) is 11.5 Å². The van der Waals surface area contributed by atoms with Crippen LogP contribution in [0.3, 0.4) is 0 Å². The number of benzene rings is 1. The molecule has 1 aliphatic rings. The number of aryl methyl sites for hydroxylation is 1. The second-order valence-electron chi connectivity index (χ2n) is 5.88.